The first-order valence-electron chi connectivity index (χ1n) is 3.12. The highest BCUT2D eigenvalue weighted by Gasteiger charge is 1.79. The lowest BCUT2D eigenvalue weighted by atomic mass is 10.4. The maximum absolute atomic E-state index is 9.32. The van der Waals surface area contributed by atoms with Gasteiger partial charge in [-0.1, -0.05) is 36.4 Å². The molecule has 64 valence electrons. The van der Waals surface area contributed by atoms with Crippen LogP contribution in [-0.4, -0.2) is 20.7 Å². The van der Waals surface area contributed by atoms with Crippen LogP contribution in [0.1, 0.15) is 0 Å². The van der Waals surface area contributed by atoms with Crippen molar-refractivity contribution < 1.29 is 14.1 Å². The van der Waals surface area contributed by atoms with Gasteiger partial charge in [-0.25, -0.2) is 9.00 Å². The van der Waals surface area contributed by atoms with E-state index in [4.69, 9.17) is 5.11 Å². The number of rotatable bonds is 1. The summed E-state index contributed by atoms with van der Waals surface area (Å²) in [6, 6.07) is 12.0. The molecule has 4 heteroatoms. The molecule has 0 saturated carbocycles. The van der Waals surface area contributed by atoms with Crippen LogP contribution in [-0.2, 0) is 16.1 Å². The van der Waals surface area contributed by atoms with E-state index in [2.05, 4.69) is 0 Å². The van der Waals surface area contributed by atoms with Crippen molar-refractivity contribution >= 4 is 22.6 Å². The van der Waals surface area contributed by atoms with Crippen LogP contribution in [0, 0.1) is 0 Å². The molecule has 0 radical (unpaired) electrons. The van der Waals surface area contributed by atoms with Crippen molar-refractivity contribution in [1.82, 2.24) is 0 Å². The molecule has 1 N–H and O–H groups in total. The quantitative estimate of drug-likeness (QED) is 0.656. The highest BCUT2D eigenvalue weighted by Crippen LogP contribution is 1.79. The van der Waals surface area contributed by atoms with Gasteiger partial charge < -0.3 is 5.11 Å². The predicted molar refractivity (Wildman–Crippen MR) is 48.3 cm³/mol. The second-order valence-electron chi connectivity index (χ2n) is 1.71. The molecule has 0 heterocycles. The van der Waals surface area contributed by atoms with E-state index in [9.17, 15) is 9.00 Å². The van der Waals surface area contributed by atoms with Gasteiger partial charge in [-0.15, -0.1) is 0 Å². The summed E-state index contributed by atoms with van der Waals surface area (Å²) in [4.78, 5) is 9.32. The number of benzene rings is 1. The Bertz CT molecular complexity index is 238. The van der Waals surface area contributed by atoms with E-state index in [1.165, 1.54) is 0 Å². The molecular formula is C8H8O3S. The van der Waals surface area contributed by atoms with Gasteiger partial charge in [0.15, 0.2) is 0 Å². The summed E-state index contributed by atoms with van der Waals surface area (Å²) in [7, 11) is 0. The van der Waals surface area contributed by atoms with Crippen molar-refractivity contribution in [3.63, 3.8) is 0 Å². The first-order valence-corrected chi connectivity index (χ1v) is 3.92. The fourth-order valence-corrected chi connectivity index (χ4v) is 0.508. The minimum Gasteiger partial charge on any atom is -0.477 e. The van der Waals surface area contributed by atoms with Crippen molar-refractivity contribution in [2.45, 2.75) is 0 Å². The Kier molecular flexibility index (Phi) is 6.78. The average molecular weight is 184 g/mol. The molecule has 1 aromatic carbocycles. The van der Waals surface area contributed by atoms with Gasteiger partial charge >= 0.3 is 5.97 Å². The van der Waals surface area contributed by atoms with Crippen LogP contribution in [0.3, 0.4) is 0 Å². The fourth-order valence-electron chi connectivity index (χ4n) is 0.426. The fraction of sp³-hybridized carbons (Fsp3) is 0. The minimum absolute atomic E-state index is 0.0648. The van der Waals surface area contributed by atoms with Gasteiger partial charge in [-0.3, -0.25) is 0 Å². The summed E-state index contributed by atoms with van der Waals surface area (Å²) in [5.74, 6) is -1.19. The second kappa shape index (κ2) is 7.68. The molecule has 0 unspecified atom stereocenters. The first-order chi connectivity index (χ1) is 5.77. The number of hydrogen-bond donors (Lipinski definition) is 1. The molecule has 0 spiro atoms. The Labute approximate surface area is 73.7 Å². The normalized spacial score (nSPS) is 7.33. The highest BCUT2D eigenvalue weighted by atomic mass is 32.1. The molecule has 0 atom stereocenters. The van der Waals surface area contributed by atoms with E-state index in [1.54, 1.807) is 0 Å². The molecule has 0 aliphatic heterocycles. The monoisotopic (exact) mass is 184 g/mol. The summed E-state index contributed by atoms with van der Waals surface area (Å²) in [5, 5.41) is 8.21. The Morgan fingerprint density at radius 2 is 1.42 bits per heavy atom. The van der Waals surface area contributed by atoms with E-state index in [1.807, 2.05) is 36.4 Å². The first kappa shape index (κ1) is 10.6. The van der Waals surface area contributed by atoms with E-state index in [0.29, 0.717) is 5.37 Å². The zero-order valence-corrected chi connectivity index (χ0v) is 7.03. The van der Waals surface area contributed by atoms with Crippen molar-refractivity contribution in [1.29, 1.82) is 0 Å². The molecule has 0 aliphatic carbocycles. The van der Waals surface area contributed by atoms with Gasteiger partial charge in [0.05, 0.1) is 11.3 Å². The third-order valence-electron chi connectivity index (χ3n) is 0.816. The Morgan fingerprint density at radius 1 is 1.08 bits per heavy atom. The number of aliphatic carboxylic acids is 1. The molecule has 0 saturated heterocycles. The van der Waals surface area contributed by atoms with E-state index in [-0.39, 0.29) is 11.3 Å². The standard InChI is InChI=1S/C6H6.C2H2O3S/c1-2-4-6-5-3-1;3-2(4)1-6-5/h1-6H;1H,(H,3,4). The predicted octanol–water partition coefficient (Wildman–Crippen LogP) is 0.773. The molecule has 3 nitrogen and oxygen atoms in total. The van der Waals surface area contributed by atoms with Crippen molar-refractivity contribution in [3.05, 3.63) is 36.4 Å². The van der Waals surface area contributed by atoms with Gasteiger partial charge in [0.2, 0.25) is 0 Å². The summed E-state index contributed by atoms with van der Waals surface area (Å²) >= 11 is -0.0648. The number of carboxylic acid groups (broad SMARTS) is 1. The highest BCUT2D eigenvalue weighted by molar-refractivity contribution is 7.66. The van der Waals surface area contributed by atoms with Crippen LogP contribution < -0.4 is 0 Å². The minimum atomic E-state index is -1.19. The Balaban J connectivity index is 0.000000202. The molecule has 0 aliphatic rings. The van der Waals surface area contributed by atoms with Gasteiger partial charge in [0.25, 0.3) is 0 Å². The van der Waals surface area contributed by atoms with E-state index < -0.39 is 5.97 Å². The number of carbonyl (C=O) groups is 1. The van der Waals surface area contributed by atoms with Crippen LogP contribution in [0.15, 0.2) is 36.4 Å². The SMILES string of the molecule is O=S=CC(=O)O.c1ccccc1. The van der Waals surface area contributed by atoms with Crippen molar-refractivity contribution in [2.24, 2.45) is 0 Å². The molecule has 0 fully saturated rings. The van der Waals surface area contributed by atoms with E-state index >= 15 is 0 Å². The van der Waals surface area contributed by atoms with Crippen LogP contribution in [0.4, 0.5) is 0 Å². The van der Waals surface area contributed by atoms with Gasteiger partial charge in [-0.2, -0.15) is 0 Å². The molecule has 12 heavy (non-hydrogen) atoms. The summed E-state index contributed by atoms with van der Waals surface area (Å²) in [5.41, 5.74) is 0. The maximum Gasteiger partial charge on any atom is 0.341 e. The van der Waals surface area contributed by atoms with E-state index in [0.717, 1.165) is 0 Å². The smallest absolute Gasteiger partial charge is 0.341 e. The van der Waals surface area contributed by atoms with Crippen LogP contribution in [0.25, 0.3) is 0 Å². The molecule has 0 amide bonds. The van der Waals surface area contributed by atoms with Crippen LogP contribution in [0.5, 0.6) is 0 Å². The lowest BCUT2D eigenvalue weighted by Crippen LogP contribution is -1.92. The van der Waals surface area contributed by atoms with Crippen molar-refractivity contribution in [3.8, 4) is 0 Å². The van der Waals surface area contributed by atoms with Crippen LogP contribution in [0.2, 0.25) is 0 Å². The Morgan fingerprint density at radius 3 is 1.50 bits per heavy atom. The van der Waals surface area contributed by atoms with Crippen LogP contribution >= 0.6 is 0 Å². The van der Waals surface area contributed by atoms with Gasteiger partial charge in [0, 0.05) is 0 Å². The molecule has 1 rings (SSSR count). The zero-order valence-electron chi connectivity index (χ0n) is 6.21. The molecule has 1 aromatic rings. The lowest BCUT2D eigenvalue weighted by Gasteiger charge is -1.69. The van der Waals surface area contributed by atoms with Gasteiger partial charge in [-0.05, 0) is 0 Å². The Hall–Kier alpha value is -1.42. The third-order valence-corrected chi connectivity index (χ3v) is 1.11. The largest absolute Gasteiger partial charge is 0.477 e. The number of carboxylic acids is 1. The summed E-state index contributed by atoms with van der Waals surface area (Å²) in [6.07, 6.45) is 0. The molecule has 0 bridgehead atoms. The second-order valence-corrected chi connectivity index (χ2v) is 2.14. The van der Waals surface area contributed by atoms with Gasteiger partial charge in [0.1, 0.15) is 5.37 Å². The zero-order chi connectivity index (χ0) is 9.23. The average Bonchev–Trinajstić information content (AvgIpc) is 2.08. The number of hydrogen-bond acceptors (Lipinski definition) is 2. The summed E-state index contributed by atoms with van der Waals surface area (Å²) < 4.78 is 9.22. The molecule has 0 aromatic heterocycles. The summed E-state index contributed by atoms with van der Waals surface area (Å²) in [6.45, 7) is 0. The molecular weight excluding hydrogens is 176 g/mol. The van der Waals surface area contributed by atoms with Crippen molar-refractivity contribution in [2.75, 3.05) is 0 Å². The lowest BCUT2D eigenvalue weighted by molar-refractivity contribution is -0.128. The maximum atomic E-state index is 9.32. The third kappa shape index (κ3) is 8.58. The topological polar surface area (TPSA) is 54.4 Å².